The molecule has 0 fully saturated rings. The third-order valence-corrected chi connectivity index (χ3v) is 5.69. The van der Waals surface area contributed by atoms with Crippen LogP contribution in [0.3, 0.4) is 0 Å². The minimum atomic E-state index is -3.52. The van der Waals surface area contributed by atoms with Gasteiger partial charge in [-0.1, -0.05) is 31.2 Å². The van der Waals surface area contributed by atoms with Crippen molar-refractivity contribution < 1.29 is 13.3 Å². The average molecular weight is 575 g/mol. The van der Waals surface area contributed by atoms with Crippen LogP contribution in [0.2, 0.25) is 0 Å². The van der Waals surface area contributed by atoms with E-state index in [9.17, 15) is 18.5 Å². The van der Waals surface area contributed by atoms with Crippen molar-refractivity contribution in [1.29, 1.82) is 0 Å². The third-order valence-electron chi connectivity index (χ3n) is 4.58. The number of hydrogen-bond acceptors (Lipinski definition) is 6. The highest BCUT2D eigenvalue weighted by Gasteiger charge is 2.18. The summed E-state index contributed by atoms with van der Waals surface area (Å²) in [6, 6.07) is 12.0. The van der Waals surface area contributed by atoms with Gasteiger partial charge in [0.15, 0.2) is 15.8 Å². The average Bonchev–Trinajstić information content (AvgIpc) is 2.74. The van der Waals surface area contributed by atoms with Gasteiger partial charge < -0.3 is 16.0 Å². The first-order valence-corrected chi connectivity index (χ1v) is 12.0. The molecule has 9 nitrogen and oxygen atoms in total. The molecule has 0 aromatic heterocycles. The van der Waals surface area contributed by atoms with E-state index in [-0.39, 0.29) is 40.2 Å². The Hall–Kier alpha value is -2.41. The zero-order valence-electron chi connectivity index (χ0n) is 18.4. The molecule has 0 radical (unpaired) electrons. The minimum absolute atomic E-state index is 0. The van der Waals surface area contributed by atoms with Crippen molar-refractivity contribution in [3.8, 4) is 0 Å². The van der Waals surface area contributed by atoms with Crippen LogP contribution in [0.5, 0.6) is 0 Å². The molecule has 0 saturated heterocycles. The summed E-state index contributed by atoms with van der Waals surface area (Å²) in [5.74, 6) is 0.650. The molecule has 2 aromatic carbocycles. The standard InChI is InChI=1S/C21H29N5O4S.HI/c1-4-16-8-6-7-9-17(16)15-25-21(22-5-2)24-13-12-23-19-11-10-18(31(3,29)30)14-20(19)26(27)28;/h6-11,14,23H,4-5,12-13,15H2,1-3H3,(H2,22,24,25);1H. The molecule has 176 valence electrons. The van der Waals surface area contributed by atoms with Gasteiger partial charge in [0, 0.05) is 32.0 Å². The van der Waals surface area contributed by atoms with Crippen molar-refractivity contribution in [3.63, 3.8) is 0 Å². The Bertz CT molecular complexity index is 1040. The van der Waals surface area contributed by atoms with Crippen LogP contribution in [0, 0.1) is 10.1 Å². The smallest absolute Gasteiger partial charge is 0.293 e. The summed E-state index contributed by atoms with van der Waals surface area (Å²) in [7, 11) is -3.52. The highest BCUT2D eigenvalue weighted by Crippen LogP contribution is 2.27. The van der Waals surface area contributed by atoms with Crippen molar-refractivity contribution in [3.05, 3.63) is 63.7 Å². The minimum Gasteiger partial charge on any atom is -0.378 e. The van der Waals surface area contributed by atoms with Gasteiger partial charge >= 0.3 is 0 Å². The van der Waals surface area contributed by atoms with Gasteiger partial charge in [0.25, 0.3) is 5.69 Å². The second-order valence-electron chi connectivity index (χ2n) is 6.88. The molecule has 0 atom stereocenters. The number of aliphatic imine (C=N–C) groups is 1. The van der Waals surface area contributed by atoms with Crippen LogP contribution in [0.1, 0.15) is 25.0 Å². The highest BCUT2D eigenvalue weighted by molar-refractivity contribution is 14.0. The lowest BCUT2D eigenvalue weighted by atomic mass is 10.1. The maximum atomic E-state index is 11.6. The number of rotatable bonds is 10. The van der Waals surface area contributed by atoms with Gasteiger partial charge in [-0.2, -0.15) is 0 Å². The van der Waals surface area contributed by atoms with Crippen molar-refractivity contribution >= 4 is 51.1 Å². The maximum Gasteiger partial charge on any atom is 0.293 e. The number of anilines is 1. The van der Waals surface area contributed by atoms with Gasteiger partial charge in [0.1, 0.15) is 5.69 Å². The van der Waals surface area contributed by atoms with Crippen LogP contribution >= 0.6 is 24.0 Å². The van der Waals surface area contributed by atoms with Crippen molar-refractivity contribution in [2.24, 2.45) is 4.99 Å². The lowest BCUT2D eigenvalue weighted by Crippen LogP contribution is -2.39. The largest absolute Gasteiger partial charge is 0.378 e. The van der Waals surface area contributed by atoms with E-state index in [1.807, 2.05) is 19.1 Å². The molecule has 3 N–H and O–H groups in total. The Balaban J connectivity index is 0.00000512. The van der Waals surface area contributed by atoms with Gasteiger partial charge in [-0.05, 0) is 36.6 Å². The van der Waals surface area contributed by atoms with Gasteiger partial charge in [0.2, 0.25) is 0 Å². The third kappa shape index (κ3) is 8.26. The van der Waals surface area contributed by atoms with E-state index in [1.165, 1.54) is 23.3 Å². The molecule has 0 saturated carbocycles. The summed E-state index contributed by atoms with van der Waals surface area (Å²) in [5.41, 5.74) is 2.41. The number of halogens is 1. The lowest BCUT2D eigenvalue weighted by molar-refractivity contribution is -0.384. The molecule has 32 heavy (non-hydrogen) atoms. The SMILES string of the molecule is CCNC(=NCc1ccccc1CC)NCCNc1ccc(S(C)(=O)=O)cc1[N+](=O)[O-].I. The van der Waals surface area contributed by atoms with E-state index in [1.54, 1.807) is 0 Å². The number of benzene rings is 2. The molecule has 0 bridgehead atoms. The van der Waals surface area contributed by atoms with Crippen molar-refractivity contribution in [2.45, 2.75) is 31.7 Å². The number of sulfone groups is 1. The Labute approximate surface area is 206 Å². The first kappa shape index (κ1) is 27.6. The van der Waals surface area contributed by atoms with Gasteiger partial charge in [-0.25, -0.2) is 13.4 Å². The molecule has 0 unspecified atom stereocenters. The summed E-state index contributed by atoms with van der Waals surface area (Å²) >= 11 is 0. The quantitative estimate of drug-likeness (QED) is 0.0991. The van der Waals surface area contributed by atoms with Crippen LogP contribution in [-0.2, 0) is 22.8 Å². The lowest BCUT2D eigenvalue weighted by Gasteiger charge is -2.13. The molecule has 2 rings (SSSR count). The number of nitro groups is 1. The van der Waals surface area contributed by atoms with Crippen LogP contribution in [0.4, 0.5) is 11.4 Å². The highest BCUT2D eigenvalue weighted by atomic mass is 127. The van der Waals surface area contributed by atoms with E-state index < -0.39 is 14.8 Å². The Morgan fingerprint density at radius 3 is 2.34 bits per heavy atom. The molecule has 0 aliphatic heterocycles. The predicted octanol–water partition coefficient (Wildman–Crippen LogP) is 3.35. The van der Waals surface area contributed by atoms with E-state index in [0.29, 0.717) is 32.1 Å². The second kappa shape index (κ2) is 13.2. The van der Waals surface area contributed by atoms with Crippen molar-refractivity contribution in [1.82, 2.24) is 10.6 Å². The first-order valence-electron chi connectivity index (χ1n) is 10.1. The summed E-state index contributed by atoms with van der Waals surface area (Å²) < 4.78 is 23.3. The molecule has 0 heterocycles. The monoisotopic (exact) mass is 575 g/mol. The second-order valence-corrected chi connectivity index (χ2v) is 8.89. The number of guanidine groups is 1. The molecular weight excluding hydrogens is 545 g/mol. The summed E-state index contributed by atoms with van der Waals surface area (Å²) in [6.07, 6.45) is 1.96. The fourth-order valence-corrected chi connectivity index (χ4v) is 3.62. The van der Waals surface area contributed by atoms with Crippen LogP contribution in [0.15, 0.2) is 52.4 Å². The number of nitro benzene ring substituents is 1. The van der Waals surface area contributed by atoms with Crippen LogP contribution in [-0.4, -0.2) is 45.2 Å². The van der Waals surface area contributed by atoms with Crippen LogP contribution in [0.25, 0.3) is 0 Å². The molecule has 11 heteroatoms. The summed E-state index contributed by atoms with van der Waals surface area (Å²) in [5, 5.41) is 20.7. The van der Waals surface area contributed by atoms with E-state index >= 15 is 0 Å². The molecular formula is C21H30IN5O4S. The zero-order valence-corrected chi connectivity index (χ0v) is 21.6. The first-order chi connectivity index (χ1) is 14.8. The predicted molar refractivity (Wildman–Crippen MR) is 139 cm³/mol. The Kier molecular flexibility index (Phi) is 11.4. The Morgan fingerprint density at radius 2 is 1.75 bits per heavy atom. The van der Waals surface area contributed by atoms with E-state index in [0.717, 1.165) is 18.7 Å². The van der Waals surface area contributed by atoms with Gasteiger partial charge in [0.05, 0.1) is 16.4 Å². The normalized spacial score (nSPS) is 11.4. The summed E-state index contributed by atoms with van der Waals surface area (Å²) in [4.78, 5) is 15.3. The molecule has 0 aliphatic carbocycles. The van der Waals surface area contributed by atoms with E-state index in [4.69, 9.17) is 0 Å². The molecule has 2 aromatic rings. The Morgan fingerprint density at radius 1 is 1.06 bits per heavy atom. The molecule has 0 amide bonds. The van der Waals surface area contributed by atoms with Gasteiger partial charge in [-0.3, -0.25) is 10.1 Å². The zero-order chi connectivity index (χ0) is 22.9. The molecule has 0 spiro atoms. The topological polar surface area (TPSA) is 126 Å². The molecule has 0 aliphatic rings. The van der Waals surface area contributed by atoms with E-state index in [2.05, 4.69) is 40.0 Å². The fraction of sp³-hybridized carbons (Fsp3) is 0.381. The number of nitrogens with one attached hydrogen (secondary N) is 3. The fourth-order valence-electron chi connectivity index (χ4n) is 2.98. The number of aryl methyl sites for hydroxylation is 1. The summed E-state index contributed by atoms with van der Waals surface area (Å²) in [6.45, 7) is 6.18. The number of hydrogen-bond donors (Lipinski definition) is 3. The number of nitrogens with zero attached hydrogens (tertiary/aromatic N) is 2. The maximum absolute atomic E-state index is 11.6. The van der Waals surface area contributed by atoms with Gasteiger partial charge in [-0.15, -0.1) is 24.0 Å². The van der Waals surface area contributed by atoms with Crippen LogP contribution < -0.4 is 16.0 Å². The van der Waals surface area contributed by atoms with Crippen molar-refractivity contribution in [2.75, 3.05) is 31.2 Å².